The maximum Gasteiger partial charge on any atom is 0.150 e. The molecule has 0 aromatic heterocycles. The van der Waals surface area contributed by atoms with Crippen molar-refractivity contribution in [3.05, 3.63) is 35.4 Å². The molecule has 1 aromatic carbocycles. The molecule has 2 nitrogen and oxygen atoms in total. The van der Waals surface area contributed by atoms with Gasteiger partial charge in [0.2, 0.25) is 0 Å². The Labute approximate surface area is 112 Å². The summed E-state index contributed by atoms with van der Waals surface area (Å²) in [6.45, 7) is 3.77. The Morgan fingerprint density at radius 3 is 2.47 bits per heavy atom. The van der Waals surface area contributed by atoms with Gasteiger partial charge in [0.25, 0.3) is 0 Å². The van der Waals surface area contributed by atoms with E-state index in [1.165, 1.54) is 11.1 Å². The maximum absolute atomic E-state index is 11.5. The van der Waals surface area contributed by atoms with E-state index in [0.29, 0.717) is 6.42 Å². The van der Waals surface area contributed by atoms with Gasteiger partial charge in [0, 0.05) is 11.1 Å². The number of sulfone groups is 1. The van der Waals surface area contributed by atoms with Crippen molar-refractivity contribution in [2.45, 2.75) is 26.2 Å². The van der Waals surface area contributed by atoms with Crippen molar-refractivity contribution in [2.24, 2.45) is 0 Å². The zero-order chi connectivity index (χ0) is 12.9. The predicted octanol–water partition coefficient (Wildman–Crippen LogP) is 3.30. The number of halogens is 1. The fourth-order valence-corrected chi connectivity index (χ4v) is 3.43. The van der Waals surface area contributed by atoms with Gasteiger partial charge in [-0.05, 0) is 30.4 Å². The Morgan fingerprint density at radius 1 is 1.29 bits per heavy atom. The van der Waals surface area contributed by atoms with E-state index in [9.17, 15) is 8.42 Å². The molecule has 0 saturated carbocycles. The molecule has 1 aromatic rings. The molecule has 0 radical (unpaired) electrons. The van der Waals surface area contributed by atoms with Gasteiger partial charge in [0.05, 0.1) is 5.75 Å². The van der Waals surface area contributed by atoms with Gasteiger partial charge in [0.1, 0.15) is 9.84 Å². The van der Waals surface area contributed by atoms with Crippen LogP contribution in [0.5, 0.6) is 0 Å². The summed E-state index contributed by atoms with van der Waals surface area (Å²) in [7, 11) is -2.87. The van der Waals surface area contributed by atoms with Crippen molar-refractivity contribution < 1.29 is 8.42 Å². The lowest BCUT2D eigenvalue weighted by Gasteiger charge is -2.16. The molecule has 96 valence electrons. The molecule has 0 aliphatic heterocycles. The lowest BCUT2D eigenvalue weighted by atomic mass is 9.94. The van der Waals surface area contributed by atoms with Crippen molar-refractivity contribution in [2.75, 3.05) is 16.8 Å². The molecule has 0 aliphatic carbocycles. The molecule has 0 heterocycles. The second-order valence-electron chi connectivity index (χ2n) is 4.23. The molecule has 0 aliphatic rings. The fourth-order valence-electron chi connectivity index (χ4n) is 1.83. The van der Waals surface area contributed by atoms with Crippen LogP contribution >= 0.6 is 15.9 Å². The first kappa shape index (κ1) is 14.7. The first-order chi connectivity index (χ1) is 8.00. The third-order valence-electron chi connectivity index (χ3n) is 3.03. The third-order valence-corrected chi connectivity index (χ3v) is 5.55. The van der Waals surface area contributed by atoms with Gasteiger partial charge in [-0.1, -0.05) is 47.1 Å². The minimum atomic E-state index is -2.87. The highest BCUT2D eigenvalue weighted by Crippen LogP contribution is 2.25. The van der Waals surface area contributed by atoms with Crippen LogP contribution in [0.15, 0.2) is 24.3 Å². The molecule has 0 spiro atoms. The van der Waals surface area contributed by atoms with E-state index in [4.69, 9.17) is 0 Å². The van der Waals surface area contributed by atoms with Crippen LogP contribution in [0.2, 0.25) is 0 Å². The SMILES string of the molecule is CCS(=O)(=O)CCC(CBr)c1ccccc1C. The first-order valence-electron chi connectivity index (χ1n) is 5.82. The second-order valence-corrected chi connectivity index (χ2v) is 7.35. The van der Waals surface area contributed by atoms with Crippen molar-refractivity contribution in [3.63, 3.8) is 0 Å². The normalized spacial score (nSPS) is 13.6. The molecule has 0 saturated heterocycles. The van der Waals surface area contributed by atoms with Gasteiger partial charge >= 0.3 is 0 Å². The topological polar surface area (TPSA) is 34.1 Å². The molecule has 4 heteroatoms. The Hall–Kier alpha value is -0.350. The predicted molar refractivity (Wildman–Crippen MR) is 76.7 cm³/mol. The van der Waals surface area contributed by atoms with E-state index in [1.54, 1.807) is 6.92 Å². The minimum absolute atomic E-state index is 0.232. The van der Waals surface area contributed by atoms with E-state index < -0.39 is 9.84 Å². The average molecular weight is 319 g/mol. The van der Waals surface area contributed by atoms with Crippen molar-refractivity contribution in [1.82, 2.24) is 0 Å². The van der Waals surface area contributed by atoms with Crippen molar-refractivity contribution in [3.8, 4) is 0 Å². The van der Waals surface area contributed by atoms with Gasteiger partial charge in [-0.15, -0.1) is 0 Å². The monoisotopic (exact) mass is 318 g/mol. The standard InChI is InChI=1S/C13H19BrO2S/c1-3-17(15,16)9-8-12(10-14)13-7-5-4-6-11(13)2/h4-7,12H,3,8-10H2,1-2H3. The van der Waals surface area contributed by atoms with Crippen LogP contribution in [0.3, 0.4) is 0 Å². The van der Waals surface area contributed by atoms with E-state index in [2.05, 4.69) is 35.0 Å². The van der Waals surface area contributed by atoms with Crippen LogP contribution in [0.25, 0.3) is 0 Å². The fraction of sp³-hybridized carbons (Fsp3) is 0.538. The molecule has 0 amide bonds. The zero-order valence-electron chi connectivity index (χ0n) is 10.3. The highest BCUT2D eigenvalue weighted by molar-refractivity contribution is 9.09. The summed E-state index contributed by atoms with van der Waals surface area (Å²) in [6, 6.07) is 8.17. The largest absolute Gasteiger partial charge is 0.229 e. The average Bonchev–Trinajstić information content (AvgIpc) is 2.32. The molecule has 0 bridgehead atoms. The van der Waals surface area contributed by atoms with Gasteiger partial charge in [-0.25, -0.2) is 8.42 Å². The summed E-state index contributed by atoms with van der Waals surface area (Å²) < 4.78 is 23.0. The summed E-state index contributed by atoms with van der Waals surface area (Å²) in [4.78, 5) is 0. The van der Waals surface area contributed by atoms with Crippen LogP contribution in [0.4, 0.5) is 0 Å². The first-order valence-corrected chi connectivity index (χ1v) is 8.76. The second kappa shape index (κ2) is 6.55. The summed E-state index contributed by atoms with van der Waals surface area (Å²) in [6.07, 6.45) is 0.687. The van der Waals surface area contributed by atoms with Gasteiger partial charge in [-0.2, -0.15) is 0 Å². The minimum Gasteiger partial charge on any atom is -0.229 e. The van der Waals surface area contributed by atoms with Crippen LogP contribution in [-0.2, 0) is 9.84 Å². The molecule has 17 heavy (non-hydrogen) atoms. The van der Waals surface area contributed by atoms with Crippen LogP contribution < -0.4 is 0 Å². The van der Waals surface area contributed by atoms with E-state index in [-0.39, 0.29) is 17.4 Å². The van der Waals surface area contributed by atoms with Crippen LogP contribution in [0, 0.1) is 6.92 Å². The Bertz CT molecular complexity index is 454. The van der Waals surface area contributed by atoms with Gasteiger partial charge < -0.3 is 0 Å². The number of rotatable bonds is 6. The summed E-state index contributed by atoms with van der Waals surface area (Å²) in [5.74, 6) is 0.779. The number of alkyl halides is 1. The highest BCUT2D eigenvalue weighted by Gasteiger charge is 2.16. The summed E-state index contributed by atoms with van der Waals surface area (Å²) >= 11 is 3.48. The highest BCUT2D eigenvalue weighted by atomic mass is 79.9. The number of hydrogen-bond donors (Lipinski definition) is 0. The van der Waals surface area contributed by atoms with E-state index >= 15 is 0 Å². The van der Waals surface area contributed by atoms with Crippen LogP contribution in [-0.4, -0.2) is 25.3 Å². The smallest absolute Gasteiger partial charge is 0.150 e. The number of aryl methyl sites for hydroxylation is 1. The summed E-state index contributed by atoms with van der Waals surface area (Å²) in [5, 5.41) is 0.803. The molecule has 0 fully saturated rings. The zero-order valence-corrected chi connectivity index (χ0v) is 12.7. The summed E-state index contributed by atoms with van der Waals surface area (Å²) in [5.41, 5.74) is 2.47. The van der Waals surface area contributed by atoms with Crippen molar-refractivity contribution in [1.29, 1.82) is 0 Å². The number of benzene rings is 1. The molecule has 0 N–H and O–H groups in total. The molecule has 1 atom stereocenters. The molecular weight excluding hydrogens is 300 g/mol. The van der Waals surface area contributed by atoms with Crippen molar-refractivity contribution >= 4 is 25.8 Å². The Balaban J connectivity index is 2.77. The number of hydrogen-bond acceptors (Lipinski definition) is 2. The Morgan fingerprint density at radius 2 is 1.94 bits per heavy atom. The molecule has 1 rings (SSSR count). The van der Waals surface area contributed by atoms with Crippen LogP contribution in [0.1, 0.15) is 30.4 Å². The van der Waals surface area contributed by atoms with Gasteiger partial charge in [-0.3, -0.25) is 0 Å². The Kier molecular flexibility index (Phi) is 5.67. The lowest BCUT2D eigenvalue weighted by molar-refractivity contribution is 0.590. The van der Waals surface area contributed by atoms with E-state index in [1.807, 2.05) is 12.1 Å². The maximum atomic E-state index is 11.5. The van der Waals surface area contributed by atoms with E-state index in [0.717, 1.165) is 5.33 Å². The van der Waals surface area contributed by atoms with Gasteiger partial charge in [0.15, 0.2) is 0 Å². The third kappa shape index (κ3) is 4.43. The molecular formula is C13H19BrO2S. The molecule has 1 unspecified atom stereocenters. The quantitative estimate of drug-likeness (QED) is 0.754. The lowest BCUT2D eigenvalue weighted by Crippen LogP contribution is -2.13.